The second-order valence-corrected chi connectivity index (χ2v) is 10.0. The van der Waals surface area contributed by atoms with E-state index in [1.54, 1.807) is 19.2 Å². The van der Waals surface area contributed by atoms with Gasteiger partial charge in [-0.2, -0.15) is 9.78 Å². The normalized spacial score (nSPS) is 11.4. The molecule has 3 aromatic carbocycles. The SMILES string of the molecule is Cc1nc2ccc(Br)cc2c(=O)n1N=Cc1cc(I)c(OCc2ccccc2)c(I)c1. The Morgan fingerprint density at radius 1 is 1.10 bits per heavy atom. The van der Waals surface area contributed by atoms with Crippen molar-refractivity contribution in [1.82, 2.24) is 9.66 Å². The third-order valence-corrected chi connectivity index (χ3v) is 6.63. The molecule has 156 valence electrons. The van der Waals surface area contributed by atoms with E-state index < -0.39 is 0 Å². The van der Waals surface area contributed by atoms with Gasteiger partial charge in [-0.15, -0.1) is 0 Å². The lowest BCUT2D eigenvalue weighted by molar-refractivity contribution is 0.302. The Morgan fingerprint density at radius 3 is 2.52 bits per heavy atom. The lowest BCUT2D eigenvalue weighted by atomic mass is 10.2. The number of nitrogens with zero attached hydrogens (tertiary/aromatic N) is 3. The molecule has 0 aliphatic rings. The van der Waals surface area contributed by atoms with E-state index in [0.717, 1.165) is 28.5 Å². The molecule has 0 amide bonds. The zero-order chi connectivity index (χ0) is 22.0. The molecule has 0 atom stereocenters. The number of aromatic nitrogens is 2. The van der Waals surface area contributed by atoms with Gasteiger partial charge in [0.05, 0.1) is 24.3 Å². The lowest BCUT2D eigenvalue weighted by Crippen LogP contribution is -2.20. The van der Waals surface area contributed by atoms with Crippen LogP contribution >= 0.6 is 61.1 Å². The Balaban J connectivity index is 1.62. The smallest absolute Gasteiger partial charge is 0.282 e. The standard InChI is InChI=1S/C23H16BrI2N3O2/c1-14-28-21-8-7-17(24)11-18(21)23(30)29(14)27-12-16-9-19(25)22(20(26)10-16)31-13-15-5-3-2-4-6-15/h2-12H,13H2,1H3. The van der Waals surface area contributed by atoms with Crippen LogP contribution in [0.1, 0.15) is 17.0 Å². The Labute approximate surface area is 215 Å². The molecular weight excluding hydrogens is 684 g/mol. The zero-order valence-corrected chi connectivity index (χ0v) is 22.3. The van der Waals surface area contributed by atoms with Crippen molar-refractivity contribution in [3.05, 3.63) is 99.6 Å². The number of benzene rings is 3. The van der Waals surface area contributed by atoms with Crippen LogP contribution in [0.3, 0.4) is 0 Å². The monoisotopic (exact) mass is 699 g/mol. The number of hydrogen-bond donors (Lipinski definition) is 0. The summed E-state index contributed by atoms with van der Waals surface area (Å²) < 4.78 is 10.2. The van der Waals surface area contributed by atoms with E-state index in [4.69, 9.17) is 4.74 Å². The molecular formula is C23H16BrI2N3O2. The highest BCUT2D eigenvalue weighted by Crippen LogP contribution is 2.29. The molecule has 5 nitrogen and oxygen atoms in total. The molecule has 4 aromatic rings. The van der Waals surface area contributed by atoms with Gasteiger partial charge in [0.1, 0.15) is 18.2 Å². The van der Waals surface area contributed by atoms with Gasteiger partial charge in [-0.05, 0) is 93.6 Å². The number of rotatable bonds is 5. The second-order valence-electron chi connectivity index (χ2n) is 6.77. The molecule has 0 radical (unpaired) electrons. The Hall–Kier alpha value is -1.79. The first-order valence-corrected chi connectivity index (χ1v) is 12.3. The van der Waals surface area contributed by atoms with Gasteiger partial charge in [-0.25, -0.2) is 4.98 Å². The minimum absolute atomic E-state index is 0.202. The van der Waals surface area contributed by atoms with E-state index in [1.165, 1.54) is 4.68 Å². The number of halogens is 3. The highest BCUT2D eigenvalue weighted by atomic mass is 127. The van der Waals surface area contributed by atoms with Gasteiger partial charge in [0.15, 0.2) is 0 Å². The maximum atomic E-state index is 12.9. The molecule has 1 aromatic heterocycles. The van der Waals surface area contributed by atoms with Gasteiger partial charge >= 0.3 is 0 Å². The highest BCUT2D eigenvalue weighted by Gasteiger charge is 2.10. The summed E-state index contributed by atoms with van der Waals surface area (Å²) in [6.07, 6.45) is 1.67. The summed E-state index contributed by atoms with van der Waals surface area (Å²) in [4.78, 5) is 17.4. The molecule has 0 spiro atoms. The fraction of sp³-hybridized carbons (Fsp3) is 0.0870. The van der Waals surface area contributed by atoms with Gasteiger partial charge in [0, 0.05) is 4.47 Å². The van der Waals surface area contributed by atoms with Gasteiger partial charge in [-0.1, -0.05) is 46.3 Å². The molecule has 4 rings (SSSR count). The second kappa shape index (κ2) is 9.78. The number of hydrogen-bond acceptors (Lipinski definition) is 4. The van der Waals surface area contributed by atoms with Gasteiger partial charge < -0.3 is 4.74 Å². The Morgan fingerprint density at radius 2 is 1.81 bits per heavy atom. The molecule has 0 saturated carbocycles. The average molecular weight is 700 g/mol. The topological polar surface area (TPSA) is 56.5 Å². The summed E-state index contributed by atoms with van der Waals surface area (Å²) in [6, 6.07) is 19.5. The Bertz CT molecular complexity index is 1330. The van der Waals surface area contributed by atoms with E-state index in [-0.39, 0.29) is 5.56 Å². The van der Waals surface area contributed by atoms with Crippen LogP contribution in [0, 0.1) is 14.1 Å². The van der Waals surface area contributed by atoms with Crippen LogP contribution in [-0.4, -0.2) is 15.9 Å². The number of fused-ring (bicyclic) bond motifs is 1. The molecule has 0 aliphatic carbocycles. The first kappa shape index (κ1) is 22.4. The summed E-state index contributed by atoms with van der Waals surface area (Å²) in [5.74, 6) is 1.37. The van der Waals surface area contributed by atoms with Crippen molar-refractivity contribution >= 4 is 78.2 Å². The summed E-state index contributed by atoms with van der Waals surface area (Å²) >= 11 is 7.93. The Kier molecular flexibility index (Phi) is 7.07. The van der Waals surface area contributed by atoms with E-state index in [1.807, 2.05) is 54.6 Å². The fourth-order valence-corrected chi connectivity index (χ4v) is 5.53. The largest absolute Gasteiger partial charge is 0.487 e. The minimum atomic E-state index is -0.202. The first-order chi connectivity index (χ1) is 14.9. The van der Waals surface area contributed by atoms with Crippen LogP contribution in [0.25, 0.3) is 10.9 Å². The average Bonchev–Trinajstić information content (AvgIpc) is 2.74. The van der Waals surface area contributed by atoms with Crippen molar-refractivity contribution < 1.29 is 4.74 Å². The molecule has 0 N–H and O–H groups in total. The maximum absolute atomic E-state index is 12.9. The predicted octanol–water partition coefficient (Wildman–Crippen LogP) is 6.14. The molecule has 1 heterocycles. The molecule has 0 aliphatic heterocycles. The van der Waals surface area contributed by atoms with Crippen LogP contribution in [0.4, 0.5) is 0 Å². The molecule has 0 saturated heterocycles. The molecule has 8 heteroatoms. The van der Waals surface area contributed by atoms with Gasteiger partial charge in [0.25, 0.3) is 5.56 Å². The fourth-order valence-electron chi connectivity index (χ4n) is 3.04. The van der Waals surface area contributed by atoms with Crippen LogP contribution < -0.4 is 10.3 Å². The summed E-state index contributed by atoms with van der Waals surface area (Å²) in [7, 11) is 0. The van der Waals surface area contributed by atoms with Crippen LogP contribution in [0.2, 0.25) is 0 Å². The van der Waals surface area contributed by atoms with Gasteiger partial charge in [0.2, 0.25) is 0 Å². The maximum Gasteiger partial charge on any atom is 0.282 e. The van der Waals surface area contributed by atoms with Crippen molar-refractivity contribution in [2.75, 3.05) is 0 Å². The van der Waals surface area contributed by atoms with E-state index in [9.17, 15) is 4.79 Å². The van der Waals surface area contributed by atoms with Crippen molar-refractivity contribution in [1.29, 1.82) is 0 Å². The number of ether oxygens (including phenoxy) is 1. The van der Waals surface area contributed by atoms with E-state index >= 15 is 0 Å². The van der Waals surface area contributed by atoms with Crippen molar-refractivity contribution in [3.63, 3.8) is 0 Å². The summed E-state index contributed by atoms with van der Waals surface area (Å²) in [5.41, 5.74) is 2.44. The minimum Gasteiger partial charge on any atom is -0.487 e. The first-order valence-electron chi connectivity index (χ1n) is 9.31. The highest BCUT2D eigenvalue weighted by molar-refractivity contribution is 14.1. The quantitative estimate of drug-likeness (QED) is 0.186. The van der Waals surface area contributed by atoms with Crippen LogP contribution in [-0.2, 0) is 6.61 Å². The summed E-state index contributed by atoms with van der Waals surface area (Å²) in [6.45, 7) is 2.28. The van der Waals surface area contributed by atoms with Crippen molar-refractivity contribution in [3.8, 4) is 5.75 Å². The molecule has 31 heavy (non-hydrogen) atoms. The molecule has 0 fully saturated rings. The zero-order valence-electron chi connectivity index (χ0n) is 16.3. The molecule has 0 unspecified atom stereocenters. The van der Waals surface area contributed by atoms with Crippen molar-refractivity contribution in [2.24, 2.45) is 5.10 Å². The van der Waals surface area contributed by atoms with E-state index in [2.05, 4.69) is 71.2 Å². The third-order valence-electron chi connectivity index (χ3n) is 4.54. The van der Waals surface area contributed by atoms with Crippen LogP contribution in [0.5, 0.6) is 5.75 Å². The molecule has 0 bridgehead atoms. The summed E-state index contributed by atoms with van der Waals surface area (Å²) in [5, 5.41) is 4.93. The van der Waals surface area contributed by atoms with Gasteiger partial charge in [-0.3, -0.25) is 4.79 Å². The number of aryl methyl sites for hydroxylation is 1. The lowest BCUT2D eigenvalue weighted by Gasteiger charge is -2.11. The third kappa shape index (κ3) is 5.17. The predicted molar refractivity (Wildman–Crippen MR) is 144 cm³/mol. The van der Waals surface area contributed by atoms with Crippen LogP contribution in [0.15, 0.2) is 75.0 Å². The van der Waals surface area contributed by atoms with Crippen molar-refractivity contribution in [2.45, 2.75) is 13.5 Å². The van der Waals surface area contributed by atoms with E-state index in [0.29, 0.717) is 23.3 Å².